The molecule has 0 bridgehead atoms. The number of hydrogen-bond acceptors (Lipinski definition) is 4. The molecule has 0 aliphatic carbocycles. The van der Waals surface area contributed by atoms with Crippen molar-refractivity contribution in [2.45, 2.75) is 6.54 Å². The molecule has 0 spiro atoms. The Labute approximate surface area is 172 Å². The molecule has 0 atom stereocenters. The van der Waals surface area contributed by atoms with Crippen LogP contribution in [0, 0.1) is 10.1 Å². The Morgan fingerprint density at radius 1 is 1.03 bits per heavy atom. The van der Waals surface area contributed by atoms with E-state index < -0.39 is 4.92 Å². The highest BCUT2D eigenvalue weighted by Crippen LogP contribution is 2.19. The molecule has 30 heavy (non-hydrogen) atoms. The lowest BCUT2D eigenvalue weighted by Gasteiger charge is -2.21. The smallest absolute Gasteiger partial charge is 0.269 e. The molecule has 0 aliphatic rings. The Hall–Kier alpha value is -4.26. The highest BCUT2D eigenvalue weighted by atomic mass is 16.6. The molecule has 4 aromatic rings. The molecule has 0 saturated heterocycles. The number of nitro groups is 1. The molecule has 1 amide bonds. The average molecular weight is 398 g/mol. The summed E-state index contributed by atoms with van der Waals surface area (Å²) in [4.78, 5) is 29.4. The monoisotopic (exact) mass is 398 g/mol. The maximum absolute atomic E-state index is 13.1. The number of rotatable bonds is 6. The van der Waals surface area contributed by atoms with Crippen molar-refractivity contribution >= 4 is 29.0 Å². The maximum atomic E-state index is 13.1. The molecule has 148 valence electrons. The molecule has 0 aliphatic heterocycles. The van der Waals surface area contributed by atoms with Gasteiger partial charge in [-0.1, -0.05) is 24.3 Å². The van der Waals surface area contributed by atoms with Crippen molar-refractivity contribution < 1.29 is 9.72 Å². The summed E-state index contributed by atoms with van der Waals surface area (Å²) in [5.74, 6) is -0.203. The number of carbonyl (C=O) groups is 1. The number of para-hydroxylation sites is 1. The minimum absolute atomic E-state index is 0.0111. The number of pyridine rings is 1. The third-order valence-corrected chi connectivity index (χ3v) is 4.67. The number of nitro benzene ring substituents is 1. The molecule has 4 rings (SSSR count). The molecule has 0 fully saturated rings. The van der Waals surface area contributed by atoms with Crippen LogP contribution >= 0.6 is 0 Å². The van der Waals surface area contributed by atoms with E-state index in [1.165, 1.54) is 18.2 Å². The van der Waals surface area contributed by atoms with Crippen LogP contribution in [-0.4, -0.2) is 20.2 Å². The number of nitrogens with zero attached hydrogens (tertiary/aromatic N) is 4. The van der Waals surface area contributed by atoms with E-state index in [2.05, 4.69) is 4.98 Å². The zero-order chi connectivity index (χ0) is 20.9. The van der Waals surface area contributed by atoms with Crippen LogP contribution in [0.5, 0.6) is 0 Å². The summed E-state index contributed by atoms with van der Waals surface area (Å²) in [5.41, 5.74) is 3.18. The fourth-order valence-electron chi connectivity index (χ4n) is 3.13. The van der Waals surface area contributed by atoms with Crippen LogP contribution in [0.25, 0.3) is 11.7 Å². The number of anilines is 1. The van der Waals surface area contributed by atoms with Gasteiger partial charge >= 0.3 is 0 Å². The van der Waals surface area contributed by atoms with E-state index in [0.717, 1.165) is 17.0 Å². The Morgan fingerprint density at radius 2 is 1.77 bits per heavy atom. The molecule has 7 nitrogen and oxygen atoms in total. The molecule has 0 saturated carbocycles. The predicted molar refractivity (Wildman–Crippen MR) is 115 cm³/mol. The lowest BCUT2D eigenvalue weighted by Crippen LogP contribution is -2.29. The first-order chi connectivity index (χ1) is 14.6. The first kappa shape index (κ1) is 19.1. The van der Waals surface area contributed by atoms with E-state index in [-0.39, 0.29) is 11.6 Å². The van der Waals surface area contributed by atoms with Gasteiger partial charge in [0.05, 0.1) is 23.4 Å². The minimum atomic E-state index is -0.453. The SMILES string of the molecule is O=C(C=Cc1ccc([N+](=O)[O-])cc1)N(Cc1cnc2ccccn12)c1ccccc1. The molecule has 2 heterocycles. The van der Waals surface area contributed by atoms with Gasteiger partial charge in [-0.3, -0.25) is 14.9 Å². The Morgan fingerprint density at radius 3 is 2.50 bits per heavy atom. The second-order valence-electron chi connectivity index (χ2n) is 6.62. The van der Waals surface area contributed by atoms with E-state index >= 15 is 0 Å². The summed E-state index contributed by atoms with van der Waals surface area (Å²) < 4.78 is 1.95. The summed E-state index contributed by atoms with van der Waals surface area (Å²) in [7, 11) is 0. The van der Waals surface area contributed by atoms with Gasteiger partial charge < -0.3 is 9.30 Å². The average Bonchev–Trinajstić information content (AvgIpc) is 3.19. The molecule has 7 heteroatoms. The van der Waals surface area contributed by atoms with Crippen molar-refractivity contribution in [1.29, 1.82) is 0 Å². The predicted octanol–water partition coefficient (Wildman–Crippen LogP) is 4.49. The summed E-state index contributed by atoms with van der Waals surface area (Å²) in [5, 5.41) is 10.8. The number of aromatic nitrogens is 2. The van der Waals surface area contributed by atoms with Gasteiger partial charge in [0.1, 0.15) is 5.65 Å². The van der Waals surface area contributed by atoms with Crippen molar-refractivity contribution in [3.8, 4) is 0 Å². The Kier molecular flexibility index (Phi) is 5.34. The fraction of sp³-hybridized carbons (Fsp3) is 0.0435. The number of amides is 1. The van der Waals surface area contributed by atoms with Crippen molar-refractivity contribution in [2.75, 3.05) is 4.90 Å². The Balaban J connectivity index is 1.61. The maximum Gasteiger partial charge on any atom is 0.269 e. The lowest BCUT2D eigenvalue weighted by molar-refractivity contribution is -0.384. The second kappa shape index (κ2) is 8.40. The van der Waals surface area contributed by atoms with Crippen LogP contribution in [0.1, 0.15) is 11.3 Å². The van der Waals surface area contributed by atoms with Gasteiger partial charge in [-0.15, -0.1) is 0 Å². The molecular formula is C23H18N4O3. The van der Waals surface area contributed by atoms with Crippen LogP contribution in [0.2, 0.25) is 0 Å². The zero-order valence-electron chi connectivity index (χ0n) is 16.0. The first-order valence-electron chi connectivity index (χ1n) is 9.32. The van der Waals surface area contributed by atoms with Gasteiger partial charge in [0.25, 0.3) is 11.6 Å². The van der Waals surface area contributed by atoms with Crippen molar-refractivity contribution in [3.05, 3.63) is 113 Å². The van der Waals surface area contributed by atoms with Crippen molar-refractivity contribution in [3.63, 3.8) is 0 Å². The summed E-state index contributed by atoms with van der Waals surface area (Å²) in [6, 6.07) is 21.2. The molecule has 2 aromatic heterocycles. The van der Waals surface area contributed by atoms with Crippen molar-refractivity contribution in [2.24, 2.45) is 0 Å². The number of carbonyl (C=O) groups excluding carboxylic acids is 1. The molecule has 2 aromatic carbocycles. The van der Waals surface area contributed by atoms with E-state index in [4.69, 9.17) is 0 Å². The number of hydrogen-bond donors (Lipinski definition) is 0. The van der Waals surface area contributed by atoms with Crippen molar-refractivity contribution in [1.82, 2.24) is 9.38 Å². The largest absolute Gasteiger partial charge is 0.303 e. The van der Waals surface area contributed by atoms with Crippen LogP contribution in [0.4, 0.5) is 11.4 Å². The third kappa shape index (κ3) is 4.10. The lowest BCUT2D eigenvalue weighted by atomic mass is 10.2. The topological polar surface area (TPSA) is 80.8 Å². The van der Waals surface area contributed by atoms with Crippen LogP contribution in [-0.2, 0) is 11.3 Å². The van der Waals surface area contributed by atoms with Crippen LogP contribution < -0.4 is 4.90 Å². The van der Waals surface area contributed by atoms with Crippen LogP contribution in [0.3, 0.4) is 0 Å². The summed E-state index contributed by atoms with van der Waals surface area (Å²) >= 11 is 0. The first-order valence-corrected chi connectivity index (χ1v) is 9.32. The quantitative estimate of drug-likeness (QED) is 0.272. The van der Waals surface area contributed by atoms with Gasteiger partial charge in [0.2, 0.25) is 0 Å². The number of fused-ring (bicyclic) bond motifs is 1. The fourth-order valence-corrected chi connectivity index (χ4v) is 3.13. The van der Waals surface area contributed by atoms with Gasteiger partial charge in [-0.05, 0) is 48.0 Å². The van der Waals surface area contributed by atoms with Crippen LogP contribution in [0.15, 0.2) is 91.3 Å². The third-order valence-electron chi connectivity index (χ3n) is 4.67. The van der Waals surface area contributed by atoms with E-state index in [1.807, 2.05) is 59.1 Å². The number of non-ortho nitro benzene ring substituents is 1. The molecular weight excluding hydrogens is 380 g/mol. The van der Waals surface area contributed by atoms with E-state index in [9.17, 15) is 14.9 Å². The van der Waals surface area contributed by atoms with E-state index in [0.29, 0.717) is 12.1 Å². The normalized spacial score (nSPS) is 11.1. The molecule has 0 N–H and O–H groups in total. The number of benzene rings is 2. The van der Waals surface area contributed by atoms with Gasteiger partial charge in [0.15, 0.2) is 0 Å². The van der Waals surface area contributed by atoms with Gasteiger partial charge in [-0.25, -0.2) is 4.98 Å². The van der Waals surface area contributed by atoms with Gasteiger partial charge in [-0.2, -0.15) is 0 Å². The van der Waals surface area contributed by atoms with Gasteiger partial charge in [0, 0.05) is 30.1 Å². The second-order valence-corrected chi connectivity index (χ2v) is 6.62. The highest BCUT2D eigenvalue weighted by molar-refractivity contribution is 6.03. The van der Waals surface area contributed by atoms with E-state index in [1.54, 1.807) is 29.3 Å². The zero-order valence-corrected chi connectivity index (χ0v) is 16.0. The highest BCUT2D eigenvalue weighted by Gasteiger charge is 2.16. The minimum Gasteiger partial charge on any atom is -0.303 e. The molecule has 0 radical (unpaired) electrons. The molecule has 0 unspecified atom stereocenters. The standard InChI is InChI=1S/C23H18N4O3/c28-23(14-11-18-9-12-20(13-10-18)27(29)30)26(19-6-2-1-3-7-19)17-21-16-24-22-8-4-5-15-25(21)22/h1-16H,17H2. The Bertz CT molecular complexity index is 1210. The summed E-state index contributed by atoms with van der Waals surface area (Å²) in [6.07, 6.45) is 6.80. The number of imidazole rings is 1. The summed E-state index contributed by atoms with van der Waals surface area (Å²) in [6.45, 7) is 0.346.